The molecule has 7 nitrogen and oxygen atoms in total. The number of carboxylic acid groups (broad SMARTS) is 1. The van der Waals surface area contributed by atoms with E-state index in [4.69, 9.17) is 9.97 Å². The molecule has 36 heavy (non-hydrogen) atoms. The summed E-state index contributed by atoms with van der Waals surface area (Å²) in [4.78, 5) is 28.9. The summed E-state index contributed by atoms with van der Waals surface area (Å²) in [5.41, 5.74) is 5.21. The van der Waals surface area contributed by atoms with Crippen molar-refractivity contribution in [3.8, 4) is 11.4 Å². The molecule has 0 unspecified atom stereocenters. The topological polar surface area (TPSA) is 85.3 Å². The van der Waals surface area contributed by atoms with Gasteiger partial charge in [0, 0.05) is 43.6 Å². The standard InChI is InChI=1S/C27H29N5O2.C2H6/c1-18-4-10-22-23(16-18)30-25(29-22)19-5-11-24(28-17-19)32-14-12-31(13-15-32)21-8-6-20(7-9-21)27(2,3)26(33)34;1-2/h4-11,16-17H,12-15H2,1-3H3,(H,29,30)(H,33,34);1-2H3. The van der Waals surface area contributed by atoms with E-state index in [1.807, 2.05) is 50.4 Å². The minimum atomic E-state index is -0.892. The molecule has 2 aromatic heterocycles. The van der Waals surface area contributed by atoms with Crippen LogP contribution >= 0.6 is 0 Å². The molecule has 188 valence electrons. The van der Waals surface area contributed by atoms with Crippen LogP contribution in [-0.2, 0) is 10.2 Å². The number of aryl methyl sites for hydroxylation is 1. The first-order chi connectivity index (χ1) is 17.3. The van der Waals surface area contributed by atoms with Gasteiger partial charge >= 0.3 is 5.97 Å². The Morgan fingerprint density at radius 1 is 0.944 bits per heavy atom. The van der Waals surface area contributed by atoms with E-state index in [2.05, 4.69) is 46.0 Å². The van der Waals surface area contributed by atoms with Gasteiger partial charge < -0.3 is 19.9 Å². The molecule has 2 N–H and O–H groups in total. The van der Waals surface area contributed by atoms with Crippen molar-refractivity contribution in [2.75, 3.05) is 36.0 Å². The van der Waals surface area contributed by atoms with Crippen LogP contribution in [0.25, 0.3) is 22.4 Å². The van der Waals surface area contributed by atoms with E-state index in [0.717, 1.165) is 65.7 Å². The average molecular weight is 486 g/mol. The number of aromatic amines is 1. The van der Waals surface area contributed by atoms with E-state index in [-0.39, 0.29) is 0 Å². The smallest absolute Gasteiger partial charge is 0.313 e. The zero-order valence-electron chi connectivity index (χ0n) is 21.7. The third-order valence-electron chi connectivity index (χ3n) is 6.75. The molecule has 1 fully saturated rings. The minimum absolute atomic E-state index is 0.811. The van der Waals surface area contributed by atoms with Gasteiger partial charge in [0.25, 0.3) is 0 Å². The number of H-pyrrole nitrogens is 1. The molecule has 0 bridgehead atoms. The maximum absolute atomic E-state index is 11.5. The van der Waals surface area contributed by atoms with Crippen molar-refractivity contribution in [3.63, 3.8) is 0 Å². The number of hydrogen-bond donors (Lipinski definition) is 2. The molecule has 0 spiro atoms. The molecular weight excluding hydrogens is 450 g/mol. The molecule has 1 aliphatic heterocycles. The minimum Gasteiger partial charge on any atom is -0.481 e. The molecule has 0 aliphatic carbocycles. The molecule has 5 rings (SSSR count). The highest BCUT2D eigenvalue weighted by atomic mass is 16.4. The van der Waals surface area contributed by atoms with Crippen LogP contribution in [0.1, 0.15) is 38.8 Å². The fraction of sp³-hybridized carbons (Fsp3) is 0.345. The monoisotopic (exact) mass is 485 g/mol. The van der Waals surface area contributed by atoms with Crippen LogP contribution in [0.15, 0.2) is 60.8 Å². The quantitative estimate of drug-likeness (QED) is 0.380. The van der Waals surface area contributed by atoms with E-state index in [1.165, 1.54) is 5.56 Å². The first-order valence-electron chi connectivity index (χ1n) is 12.6. The van der Waals surface area contributed by atoms with Crippen LogP contribution < -0.4 is 9.80 Å². The van der Waals surface area contributed by atoms with Gasteiger partial charge in [0.2, 0.25) is 0 Å². The second-order valence-electron chi connectivity index (χ2n) is 9.46. The van der Waals surface area contributed by atoms with Crippen LogP contribution in [0.2, 0.25) is 0 Å². The van der Waals surface area contributed by atoms with E-state index in [1.54, 1.807) is 13.8 Å². The van der Waals surface area contributed by atoms with Gasteiger partial charge in [-0.15, -0.1) is 0 Å². The lowest BCUT2D eigenvalue weighted by molar-refractivity contribution is -0.142. The largest absolute Gasteiger partial charge is 0.481 e. The van der Waals surface area contributed by atoms with Gasteiger partial charge in [-0.25, -0.2) is 9.97 Å². The summed E-state index contributed by atoms with van der Waals surface area (Å²) in [6, 6.07) is 18.2. The lowest BCUT2D eigenvalue weighted by Crippen LogP contribution is -2.46. The van der Waals surface area contributed by atoms with Gasteiger partial charge in [0.05, 0.1) is 16.4 Å². The molecule has 0 saturated carbocycles. The van der Waals surface area contributed by atoms with Gasteiger partial charge in [0.15, 0.2) is 0 Å². The Labute approximate surface area is 212 Å². The second kappa shape index (κ2) is 10.4. The number of nitrogens with one attached hydrogen (secondary N) is 1. The lowest BCUT2D eigenvalue weighted by Gasteiger charge is -2.37. The summed E-state index contributed by atoms with van der Waals surface area (Å²) in [5.74, 6) is 0.982. The van der Waals surface area contributed by atoms with E-state index in [9.17, 15) is 9.90 Å². The van der Waals surface area contributed by atoms with Crippen molar-refractivity contribution in [2.45, 2.75) is 40.0 Å². The van der Waals surface area contributed by atoms with Crippen molar-refractivity contribution >= 4 is 28.5 Å². The van der Waals surface area contributed by atoms with Gasteiger partial charge in [0.1, 0.15) is 11.6 Å². The molecule has 0 amide bonds. The number of rotatable bonds is 5. The van der Waals surface area contributed by atoms with Gasteiger partial charge in [-0.3, -0.25) is 4.79 Å². The van der Waals surface area contributed by atoms with Crippen LogP contribution in [0, 0.1) is 6.92 Å². The number of fused-ring (bicyclic) bond motifs is 1. The molecule has 1 aliphatic rings. The summed E-state index contributed by atoms with van der Waals surface area (Å²) in [5, 5.41) is 9.45. The van der Waals surface area contributed by atoms with E-state index in [0.29, 0.717) is 0 Å². The Kier molecular flexibility index (Phi) is 7.29. The van der Waals surface area contributed by atoms with Crippen molar-refractivity contribution in [3.05, 3.63) is 71.9 Å². The van der Waals surface area contributed by atoms with Gasteiger partial charge in [-0.05, 0) is 68.3 Å². The van der Waals surface area contributed by atoms with Crippen LogP contribution in [0.4, 0.5) is 11.5 Å². The number of hydrogen-bond acceptors (Lipinski definition) is 5. The van der Waals surface area contributed by atoms with Crippen molar-refractivity contribution in [2.24, 2.45) is 0 Å². The summed E-state index contributed by atoms with van der Waals surface area (Å²) in [6.07, 6.45) is 1.88. The lowest BCUT2D eigenvalue weighted by atomic mass is 9.85. The molecule has 1 saturated heterocycles. The van der Waals surface area contributed by atoms with Crippen molar-refractivity contribution in [1.82, 2.24) is 15.0 Å². The summed E-state index contributed by atoms with van der Waals surface area (Å²) in [7, 11) is 0. The van der Waals surface area contributed by atoms with Crippen LogP contribution in [0.5, 0.6) is 0 Å². The predicted molar refractivity (Wildman–Crippen MR) is 147 cm³/mol. The third kappa shape index (κ3) is 5.05. The summed E-state index contributed by atoms with van der Waals surface area (Å²) < 4.78 is 0. The number of benzene rings is 2. The normalized spacial score (nSPS) is 13.9. The third-order valence-corrected chi connectivity index (χ3v) is 6.75. The summed E-state index contributed by atoms with van der Waals surface area (Å²) >= 11 is 0. The Bertz CT molecular complexity index is 1320. The zero-order valence-corrected chi connectivity index (χ0v) is 21.7. The molecular formula is C29H35N5O2. The van der Waals surface area contributed by atoms with Crippen LogP contribution in [-0.4, -0.2) is 52.2 Å². The SMILES string of the molecule is CC.Cc1ccc2nc(-c3ccc(N4CCN(c5ccc(C(C)(C)C(=O)O)cc5)CC4)nc3)[nH]c2c1. The number of nitrogens with zero attached hydrogens (tertiary/aromatic N) is 4. The molecule has 7 heteroatoms. The summed E-state index contributed by atoms with van der Waals surface area (Å²) in [6.45, 7) is 13.1. The average Bonchev–Trinajstić information content (AvgIpc) is 3.33. The Morgan fingerprint density at radius 2 is 1.61 bits per heavy atom. The number of carbonyl (C=O) groups is 1. The molecule has 0 radical (unpaired) electrons. The Balaban J connectivity index is 0.00000148. The second-order valence-corrected chi connectivity index (χ2v) is 9.46. The zero-order chi connectivity index (χ0) is 25.9. The highest BCUT2D eigenvalue weighted by Gasteiger charge is 2.29. The fourth-order valence-electron chi connectivity index (χ4n) is 4.38. The molecule has 4 aromatic rings. The highest BCUT2D eigenvalue weighted by molar-refractivity contribution is 5.81. The number of anilines is 2. The molecule has 3 heterocycles. The maximum Gasteiger partial charge on any atom is 0.313 e. The van der Waals surface area contributed by atoms with Crippen molar-refractivity contribution in [1.29, 1.82) is 0 Å². The van der Waals surface area contributed by atoms with Crippen LogP contribution in [0.3, 0.4) is 0 Å². The number of aromatic nitrogens is 3. The fourth-order valence-corrected chi connectivity index (χ4v) is 4.38. The molecule has 2 aromatic carbocycles. The number of carboxylic acids is 1. The predicted octanol–water partition coefficient (Wildman–Crippen LogP) is 5.65. The first kappa shape index (κ1) is 25.2. The number of aliphatic carboxylic acids is 1. The number of imidazole rings is 1. The van der Waals surface area contributed by atoms with Crippen molar-refractivity contribution < 1.29 is 9.90 Å². The Morgan fingerprint density at radius 3 is 2.22 bits per heavy atom. The van der Waals surface area contributed by atoms with E-state index >= 15 is 0 Å². The number of piperazine rings is 1. The molecule has 0 atom stereocenters. The maximum atomic E-state index is 11.5. The van der Waals surface area contributed by atoms with Gasteiger partial charge in [-0.2, -0.15) is 0 Å². The highest BCUT2D eigenvalue weighted by Crippen LogP contribution is 2.27. The first-order valence-corrected chi connectivity index (χ1v) is 12.6. The van der Waals surface area contributed by atoms with Gasteiger partial charge in [-0.1, -0.05) is 32.0 Å². The van der Waals surface area contributed by atoms with E-state index < -0.39 is 11.4 Å². The Hall–Kier alpha value is -3.87. The number of pyridine rings is 1.